The van der Waals surface area contributed by atoms with E-state index in [4.69, 9.17) is 0 Å². The molecular formula is C12H8N3NaOS2. The fraction of sp³-hybridized carbons (Fsp3) is 0.0833. The molecule has 19 heavy (non-hydrogen) atoms. The summed E-state index contributed by atoms with van der Waals surface area (Å²) in [4.78, 5) is 8.71. The second-order valence-corrected chi connectivity index (χ2v) is 5.61. The minimum atomic E-state index is 0. The molecule has 4 nitrogen and oxygen atoms in total. The summed E-state index contributed by atoms with van der Waals surface area (Å²) in [5, 5.41) is 17.3. The van der Waals surface area contributed by atoms with Gasteiger partial charge in [0, 0.05) is 11.1 Å². The first kappa shape index (κ1) is 14.6. The molecule has 0 fully saturated rings. The molecule has 1 aromatic carbocycles. The average Bonchev–Trinajstić information content (AvgIpc) is 2.96. The maximum Gasteiger partial charge on any atom is 1.00 e. The Morgan fingerprint density at radius 1 is 1.21 bits per heavy atom. The first-order valence-corrected chi connectivity index (χ1v) is 6.96. The summed E-state index contributed by atoms with van der Waals surface area (Å²) in [6, 6.07) is 7.77. The maximum atomic E-state index is 11.0. The third kappa shape index (κ3) is 2.88. The van der Waals surface area contributed by atoms with E-state index in [1.54, 1.807) is 0 Å². The molecule has 7 heteroatoms. The predicted octanol–water partition coefficient (Wildman–Crippen LogP) is 0.400. The zero-order chi connectivity index (χ0) is 12.5. The Bertz CT molecular complexity index is 702. The summed E-state index contributed by atoms with van der Waals surface area (Å²) in [5.41, 5.74) is 2.10. The monoisotopic (exact) mass is 297 g/mol. The number of nitrogens with zero attached hydrogens (tertiary/aromatic N) is 3. The number of rotatable bonds is 2. The van der Waals surface area contributed by atoms with Crippen molar-refractivity contribution in [1.29, 1.82) is 0 Å². The quantitative estimate of drug-likeness (QED) is 0.391. The molecule has 2 heterocycles. The van der Waals surface area contributed by atoms with Crippen molar-refractivity contribution in [2.45, 2.75) is 6.92 Å². The van der Waals surface area contributed by atoms with E-state index in [9.17, 15) is 5.21 Å². The van der Waals surface area contributed by atoms with E-state index in [-0.39, 0.29) is 29.6 Å². The van der Waals surface area contributed by atoms with Gasteiger partial charge in [-0.15, -0.1) is 22.7 Å². The molecule has 0 amide bonds. The van der Waals surface area contributed by atoms with Crippen molar-refractivity contribution in [2.24, 2.45) is 5.16 Å². The van der Waals surface area contributed by atoms with Crippen molar-refractivity contribution in [2.75, 3.05) is 0 Å². The smallest absolute Gasteiger partial charge is 0.791 e. The number of para-hydroxylation sites is 1. The molecule has 0 N–H and O–H groups in total. The minimum Gasteiger partial charge on any atom is -0.791 e. The van der Waals surface area contributed by atoms with Crippen molar-refractivity contribution < 1.29 is 29.6 Å². The summed E-state index contributed by atoms with van der Waals surface area (Å²) >= 11 is 2.87. The molecular weight excluding hydrogens is 289 g/mol. The molecule has 0 saturated heterocycles. The van der Waals surface area contributed by atoms with Crippen molar-refractivity contribution in [3.63, 3.8) is 0 Å². The Labute approximate surface area is 140 Å². The Balaban J connectivity index is 0.00000133. The number of aromatic nitrogens is 2. The van der Waals surface area contributed by atoms with Gasteiger partial charge in [0.05, 0.1) is 10.2 Å². The maximum absolute atomic E-state index is 11.0. The summed E-state index contributed by atoms with van der Waals surface area (Å²) in [6.07, 6.45) is 0. The first-order chi connectivity index (χ1) is 8.78. The summed E-state index contributed by atoms with van der Waals surface area (Å²) < 4.78 is 1.04. The molecule has 0 bridgehead atoms. The fourth-order valence-electron chi connectivity index (χ4n) is 1.61. The zero-order valence-electron chi connectivity index (χ0n) is 10.5. The van der Waals surface area contributed by atoms with Crippen molar-refractivity contribution >= 4 is 38.6 Å². The van der Waals surface area contributed by atoms with Crippen LogP contribution in [0, 0.1) is 12.1 Å². The van der Waals surface area contributed by atoms with Crippen molar-refractivity contribution in [1.82, 2.24) is 9.97 Å². The number of hydrogen-bond donors (Lipinski definition) is 0. The van der Waals surface area contributed by atoms with Gasteiger partial charge in [0.2, 0.25) is 0 Å². The van der Waals surface area contributed by atoms with Crippen LogP contribution < -0.4 is 29.6 Å². The third-order valence-electron chi connectivity index (χ3n) is 2.41. The molecule has 0 spiro atoms. The Morgan fingerprint density at radius 2 is 2.00 bits per heavy atom. The average molecular weight is 297 g/mol. The normalized spacial score (nSPS) is 11.5. The van der Waals surface area contributed by atoms with Gasteiger partial charge in [-0.05, 0) is 19.1 Å². The predicted molar refractivity (Wildman–Crippen MR) is 75.5 cm³/mol. The molecule has 90 valence electrons. The number of fused-ring (bicyclic) bond motifs is 1. The molecule has 0 aliphatic heterocycles. The Hall–Kier alpha value is -0.790. The summed E-state index contributed by atoms with van der Waals surface area (Å²) in [5.74, 6) is 0. The van der Waals surface area contributed by atoms with Crippen LogP contribution in [0.5, 0.6) is 0 Å². The van der Waals surface area contributed by atoms with E-state index in [0.717, 1.165) is 15.9 Å². The Kier molecular flexibility index (Phi) is 4.70. The molecule has 2 aromatic heterocycles. The third-order valence-corrected chi connectivity index (χ3v) is 4.42. The van der Waals surface area contributed by atoms with Crippen LogP contribution in [0.4, 0.5) is 0 Å². The van der Waals surface area contributed by atoms with Crippen LogP contribution in [0.2, 0.25) is 0 Å². The van der Waals surface area contributed by atoms with Gasteiger partial charge in [-0.3, -0.25) is 0 Å². The van der Waals surface area contributed by atoms with Gasteiger partial charge < -0.3 is 10.4 Å². The van der Waals surface area contributed by atoms with Gasteiger partial charge in [0.1, 0.15) is 15.7 Å². The number of thiazole rings is 2. The second kappa shape index (κ2) is 6.11. The van der Waals surface area contributed by atoms with Gasteiger partial charge in [0.25, 0.3) is 0 Å². The topological polar surface area (TPSA) is 61.2 Å². The van der Waals surface area contributed by atoms with Gasteiger partial charge in [-0.25, -0.2) is 9.97 Å². The molecule has 0 aliphatic rings. The largest absolute Gasteiger partial charge is 1.00 e. The van der Waals surface area contributed by atoms with Gasteiger partial charge in [-0.1, -0.05) is 12.1 Å². The first-order valence-electron chi connectivity index (χ1n) is 5.26. The standard InChI is InChI=1S/C12H9N3OS2.Na/c1-7-6-17-11(13-7)10(15-16)12-14-8-4-2-3-5-9(8)18-12;/h2-6,16H,1H3;/q;+1/p-1/b15-10+;. The fourth-order valence-corrected chi connectivity index (χ4v) is 3.40. The van der Waals surface area contributed by atoms with Gasteiger partial charge >= 0.3 is 29.6 Å². The summed E-state index contributed by atoms with van der Waals surface area (Å²) in [6.45, 7) is 1.89. The second-order valence-electron chi connectivity index (χ2n) is 3.72. The van der Waals surface area contributed by atoms with Crippen LogP contribution in [0.15, 0.2) is 34.8 Å². The van der Waals surface area contributed by atoms with Gasteiger partial charge in [-0.2, -0.15) is 0 Å². The summed E-state index contributed by atoms with van der Waals surface area (Å²) in [7, 11) is 0. The van der Waals surface area contributed by atoms with Crippen LogP contribution in [-0.4, -0.2) is 15.7 Å². The van der Waals surface area contributed by atoms with E-state index in [1.165, 1.54) is 22.7 Å². The molecule has 0 radical (unpaired) electrons. The molecule has 3 rings (SSSR count). The minimum absolute atomic E-state index is 0. The molecule has 3 aromatic rings. The molecule has 0 atom stereocenters. The van der Waals surface area contributed by atoms with Crippen molar-refractivity contribution in [3.05, 3.63) is 50.6 Å². The van der Waals surface area contributed by atoms with Crippen LogP contribution >= 0.6 is 22.7 Å². The van der Waals surface area contributed by atoms with Crippen molar-refractivity contribution in [3.8, 4) is 0 Å². The van der Waals surface area contributed by atoms with E-state index in [2.05, 4.69) is 15.1 Å². The zero-order valence-corrected chi connectivity index (χ0v) is 14.1. The Morgan fingerprint density at radius 3 is 2.63 bits per heavy atom. The number of aryl methyl sites for hydroxylation is 1. The van der Waals surface area contributed by atoms with Crippen LogP contribution in [-0.2, 0) is 0 Å². The van der Waals surface area contributed by atoms with Crippen LogP contribution in [0.3, 0.4) is 0 Å². The van der Waals surface area contributed by atoms with E-state index in [0.29, 0.717) is 15.7 Å². The molecule has 0 aliphatic carbocycles. The number of hydrogen-bond acceptors (Lipinski definition) is 6. The van der Waals surface area contributed by atoms with Gasteiger partial charge in [0.15, 0.2) is 0 Å². The molecule has 0 saturated carbocycles. The van der Waals surface area contributed by atoms with E-state index in [1.807, 2.05) is 36.6 Å². The van der Waals surface area contributed by atoms with E-state index >= 15 is 0 Å². The molecule has 0 unspecified atom stereocenters. The number of benzene rings is 1. The SMILES string of the molecule is Cc1csc(/C(=N\[O-])c2nc3ccccc3s2)n1.[Na+]. The van der Waals surface area contributed by atoms with Crippen LogP contribution in [0.25, 0.3) is 10.2 Å². The van der Waals surface area contributed by atoms with E-state index < -0.39 is 0 Å². The van der Waals surface area contributed by atoms with Crippen LogP contribution in [0.1, 0.15) is 15.7 Å².